The summed E-state index contributed by atoms with van der Waals surface area (Å²) < 4.78 is 12.9. The van der Waals surface area contributed by atoms with E-state index in [-0.39, 0.29) is 35.9 Å². The fourth-order valence-corrected chi connectivity index (χ4v) is 3.00. The fraction of sp³-hybridized carbons (Fsp3) is 0.444. The lowest BCUT2D eigenvalue weighted by Gasteiger charge is -2.18. The van der Waals surface area contributed by atoms with E-state index in [2.05, 4.69) is 20.5 Å². The van der Waals surface area contributed by atoms with Crippen LogP contribution in [0.1, 0.15) is 31.7 Å². The van der Waals surface area contributed by atoms with E-state index in [0.717, 1.165) is 5.56 Å². The fourth-order valence-electron chi connectivity index (χ4n) is 3.00. The van der Waals surface area contributed by atoms with Gasteiger partial charge in [-0.25, -0.2) is 4.39 Å². The van der Waals surface area contributed by atoms with Crippen molar-refractivity contribution in [2.24, 2.45) is 11.8 Å². The zero-order chi connectivity index (χ0) is 18.7. The molecule has 0 unspecified atom stereocenters. The highest BCUT2D eigenvalue weighted by Crippen LogP contribution is 2.20. The van der Waals surface area contributed by atoms with E-state index in [1.165, 1.54) is 12.1 Å². The summed E-state index contributed by atoms with van der Waals surface area (Å²) in [6.45, 7) is 5.16. The highest BCUT2D eigenvalue weighted by molar-refractivity contribution is 5.96. The van der Waals surface area contributed by atoms with Gasteiger partial charge in [0, 0.05) is 25.9 Å². The number of aromatic nitrogens is 3. The Labute approximate surface area is 151 Å². The summed E-state index contributed by atoms with van der Waals surface area (Å²) in [6.07, 6.45) is 0.665. The number of likely N-dealkylation sites (tertiary alicyclic amines) is 1. The van der Waals surface area contributed by atoms with Gasteiger partial charge in [-0.3, -0.25) is 20.0 Å². The second-order valence-corrected chi connectivity index (χ2v) is 6.99. The Morgan fingerprint density at radius 1 is 1.38 bits per heavy atom. The minimum Gasteiger partial charge on any atom is -0.342 e. The first-order chi connectivity index (χ1) is 12.4. The van der Waals surface area contributed by atoms with Crippen LogP contribution in [0.2, 0.25) is 0 Å². The number of carbonyl (C=O) groups is 2. The van der Waals surface area contributed by atoms with Crippen LogP contribution in [0.15, 0.2) is 24.3 Å². The average Bonchev–Trinajstić information content (AvgIpc) is 3.16. The maximum atomic E-state index is 12.9. The van der Waals surface area contributed by atoms with Gasteiger partial charge in [0.25, 0.3) is 0 Å². The van der Waals surface area contributed by atoms with Crippen molar-refractivity contribution in [2.75, 3.05) is 18.4 Å². The number of halogens is 1. The van der Waals surface area contributed by atoms with Crippen LogP contribution in [0, 0.1) is 17.7 Å². The summed E-state index contributed by atoms with van der Waals surface area (Å²) in [4.78, 5) is 30.3. The van der Waals surface area contributed by atoms with Gasteiger partial charge in [0.2, 0.25) is 17.8 Å². The van der Waals surface area contributed by atoms with Gasteiger partial charge < -0.3 is 4.90 Å². The molecule has 1 aliphatic rings. The largest absolute Gasteiger partial charge is 0.342 e. The molecule has 1 aromatic heterocycles. The summed E-state index contributed by atoms with van der Waals surface area (Å²) in [6, 6.07) is 6.11. The van der Waals surface area contributed by atoms with Gasteiger partial charge >= 0.3 is 0 Å². The normalized spacial score (nSPS) is 17.2. The first-order valence-corrected chi connectivity index (χ1v) is 8.65. The van der Waals surface area contributed by atoms with Crippen molar-refractivity contribution in [3.05, 3.63) is 41.5 Å². The topological polar surface area (TPSA) is 91.0 Å². The van der Waals surface area contributed by atoms with E-state index < -0.39 is 0 Å². The quantitative estimate of drug-likeness (QED) is 0.825. The van der Waals surface area contributed by atoms with Gasteiger partial charge in [-0.15, -0.1) is 5.10 Å². The standard InChI is InChI=1S/C18H22FN5O2/c1-11(2)9-24-10-13(8-16(24)25)17(26)21-18-20-15(22-23-18)7-12-3-5-14(19)6-4-12/h3-6,11,13H,7-10H2,1-2H3,(H2,20,21,22,23,26)/t13-/m0/s1. The number of aromatic amines is 1. The third kappa shape index (κ3) is 4.44. The molecule has 1 atom stereocenters. The van der Waals surface area contributed by atoms with Crippen LogP contribution < -0.4 is 5.32 Å². The number of amides is 2. The molecule has 26 heavy (non-hydrogen) atoms. The summed E-state index contributed by atoms with van der Waals surface area (Å²) in [5.41, 5.74) is 0.881. The van der Waals surface area contributed by atoms with Gasteiger partial charge in [0.05, 0.1) is 5.92 Å². The molecule has 8 heteroatoms. The third-order valence-corrected chi connectivity index (χ3v) is 4.22. The highest BCUT2D eigenvalue weighted by atomic mass is 19.1. The molecule has 1 aliphatic heterocycles. The lowest BCUT2D eigenvalue weighted by Crippen LogP contribution is -2.31. The minimum atomic E-state index is -0.389. The minimum absolute atomic E-state index is 0.00540. The maximum absolute atomic E-state index is 12.9. The number of benzene rings is 1. The first-order valence-electron chi connectivity index (χ1n) is 8.65. The summed E-state index contributed by atoms with van der Waals surface area (Å²) in [7, 11) is 0. The Bertz CT molecular complexity index is 787. The second kappa shape index (κ2) is 7.63. The van der Waals surface area contributed by atoms with Gasteiger partial charge in [0.15, 0.2) is 0 Å². The second-order valence-electron chi connectivity index (χ2n) is 6.99. The van der Waals surface area contributed by atoms with Gasteiger partial charge in [-0.1, -0.05) is 26.0 Å². The number of H-pyrrole nitrogens is 1. The molecule has 1 fully saturated rings. The van der Waals surface area contributed by atoms with Crippen LogP contribution in [0.3, 0.4) is 0 Å². The van der Waals surface area contributed by atoms with Gasteiger partial charge in [-0.05, 0) is 23.6 Å². The van der Waals surface area contributed by atoms with Crippen LogP contribution in [0.4, 0.5) is 10.3 Å². The molecule has 138 valence electrons. The molecule has 2 amide bonds. The highest BCUT2D eigenvalue weighted by Gasteiger charge is 2.34. The summed E-state index contributed by atoms with van der Waals surface area (Å²) >= 11 is 0. The Hall–Kier alpha value is -2.77. The van der Waals surface area contributed by atoms with E-state index in [1.807, 2.05) is 13.8 Å². The van der Waals surface area contributed by atoms with Crippen LogP contribution in [-0.2, 0) is 16.0 Å². The molecule has 1 aromatic carbocycles. The molecule has 1 saturated heterocycles. The Morgan fingerprint density at radius 2 is 2.12 bits per heavy atom. The number of nitrogens with one attached hydrogen (secondary N) is 2. The molecule has 0 bridgehead atoms. The zero-order valence-electron chi connectivity index (χ0n) is 14.8. The molecular formula is C18H22FN5O2. The van der Waals surface area contributed by atoms with Crippen molar-refractivity contribution in [1.82, 2.24) is 20.1 Å². The molecule has 3 rings (SSSR count). The van der Waals surface area contributed by atoms with Gasteiger partial charge in [-0.2, -0.15) is 4.98 Å². The lowest BCUT2D eigenvalue weighted by atomic mass is 10.1. The van der Waals surface area contributed by atoms with Crippen molar-refractivity contribution in [2.45, 2.75) is 26.7 Å². The molecule has 2 heterocycles. The van der Waals surface area contributed by atoms with Crippen molar-refractivity contribution in [3.63, 3.8) is 0 Å². The summed E-state index contributed by atoms with van der Waals surface area (Å²) in [5.74, 6) is 0.181. The zero-order valence-corrected chi connectivity index (χ0v) is 14.8. The van der Waals surface area contributed by atoms with Gasteiger partial charge in [0.1, 0.15) is 11.6 Å². The lowest BCUT2D eigenvalue weighted by molar-refractivity contribution is -0.128. The number of hydrogen-bond donors (Lipinski definition) is 2. The number of nitrogens with zero attached hydrogens (tertiary/aromatic N) is 3. The first kappa shape index (κ1) is 18.0. The molecule has 0 aliphatic carbocycles. The van der Waals surface area contributed by atoms with Crippen molar-refractivity contribution >= 4 is 17.8 Å². The van der Waals surface area contributed by atoms with E-state index >= 15 is 0 Å². The predicted molar refractivity (Wildman–Crippen MR) is 93.7 cm³/mol. The van der Waals surface area contributed by atoms with E-state index in [9.17, 15) is 14.0 Å². The van der Waals surface area contributed by atoms with Crippen molar-refractivity contribution < 1.29 is 14.0 Å². The maximum Gasteiger partial charge on any atom is 0.248 e. The van der Waals surface area contributed by atoms with Crippen LogP contribution in [-0.4, -0.2) is 45.0 Å². The molecule has 2 aromatic rings. The SMILES string of the molecule is CC(C)CN1C[C@@H](C(=O)Nc2n[nH]c(Cc3ccc(F)cc3)n2)CC1=O. The van der Waals surface area contributed by atoms with Crippen LogP contribution in [0.25, 0.3) is 0 Å². The smallest absolute Gasteiger partial charge is 0.248 e. The van der Waals surface area contributed by atoms with E-state index in [4.69, 9.17) is 0 Å². The number of carbonyl (C=O) groups excluding carboxylic acids is 2. The molecule has 0 spiro atoms. The van der Waals surface area contributed by atoms with E-state index in [0.29, 0.717) is 31.3 Å². The molecule has 0 radical (unpaired) electrons. The predicted octanol–water partition coefficient (Wildman–Crippen LogP) is 1.98. The van der Waals surface area contributed by atoms with Crippen LogP contribution >= 0.6 is 0 Å². The monoisotopic (exact) mass is 359 g/mol. The number of anilines is 1. The number of rotatable bonds is 6. The van der Waals surface area contributed by atoms with Crippen molar-refractivity contribution in [1.29, 1.82) is 0 Å². The molecular weight excluding hydrogens is 337 g/mol. The molecule has 7 nitrogen and oxygen atoms in total. The molecule has 2 N–H and O–H groups in total. The Morgan fingerprint density at radius 3 is 2.81 bits per heavy atom. The third-order valence-electron chi connectivity index (χ3n) is 4.22. The molecule has 0 saturated carbocycles. The van der Waals surface area contributed by atoms with E-state index in [1.54, 1.807) is 17.0 Å². The number of hydrogen-bond acceptors (Lipinski definition) is 4. The Kier molecular flexibility index (Phi) is 5.29. The summed E-state index contributed by atoms with van der Waals surface area (Å²) in [5, 5.41) is 9.41. The van der Waals surface area contributed by atoms with Crippen molar-refractivity contribution in [3.8, 4) is 0 Å². The average molecular weight is 359 g/mol. The van der Waals surface area contributed by atoms with Crippen LogP contribution in [0.5, 0.6) is 0 Å². The Balaban J connectivity index is 1.56.